The van der Waals surface area contributed by atoms with Crippen molar-refractivity contribution in [3.63, 3.8) is 0 Å². The minimum Gasteiger partial charge on any atom is -0.305 e. The lowest BCUT2D eigenvalue weighted by Gasteiger charge is -2.03. The van der Waals surface area contributed by atoms with Crippen LogP contribution in [0.25, 0.3) is 0 Å². The second-order valence-electron chi connectivity index (χ2n) is 4.99. The molecule has 0 fully saturated rings. The van der Waals surface area contributed by atoms with Crippen molar-refractivity contribution in [2.24, 2.45) is 0 Å². The molecule has 4 nitrogen and oxygen atoms in total. The van der Waals surface area contributed by atoms with Crippen molar-refractivity contribution < 1.29 is 13.6 Å². The van der Waals surface area contributed by atoms with Crippen molar-refractivity contribution in [3.8, 4) is 0 Å². The molecule has 1 heterocycles. The fraction of sp³-hybridized carbons (Fsp3) is 0.0588. The number of hydrogen-bond acceptors (Lipinski definition) is 2. The minimum atomic E-state index is -0.478. The van der Waals surface area contributed by atoms with Crippen molar-refractivity contribution in [3.05, 3.63) is 83.6 Å². The predicted molar refractivity (Wildman–Crippen MR) is 82.1 cm³/mol. The van der Waals surface area contributed by atoms with Crippen molar-refractivity contribution in [2.45, 2.75) is 6.54 Å². The number of carbonyl (C=O) groups excluding carboxylic acids is 1. The molecule has 0 aliphatic carbocycles. The second-order valence-corrected chi connectivity index (χ2v) is 4.99. The summed E-state index contributed by atoms with van der Waals surface area (Å²) >= 11 is 0. The zero-order valence-corrected chi connectivity index (χ0v) is 12.0. The maximum Gasteiger partial charge on any atom is 0.256 e. The molecule has 3 rings (SSSR count). The molecule has 2 aromatic carbocycles. The number of rotatable bonds is 4. The van der Waals surface area contributed by atoms with Gasteiger partial charge in [-0.25, -0.2) is 8.78 Å². The van der Waals surface area contributed by atoms with E-state index in [1.807, 2.05) is 0 Å². The summed E-state index contributed by atoms with van der Waals surface area (Å²) in [4.78, 5) is 12.0. The first-order valence-electron chi connectivity index (χ1n) is 6.95. The van der Waals surface area contributed by atoms with Crippen LogP contribution in [-0.4, -0.2) is 15.7 Å². The van der Waals surface area contributed by atoms with Gasteiger partial charge in [-0.05, 0) is 35.9 Å². The van der Waals surface area contributed by atoms with E-state index in [2.05, 4.69) is 10.4 Å². The topological polar surface area (TPSA) is 46.9 Å². The van der Waals surface area contributed by atoms with Gasteiger partial charge in [0, 0.05) is 17.8 Å². The van der Waals surface area contributed by atoms with Crippen LogP contribution in [-0.2, 0) is 6.54 Å². The maximum absolute atomic E-state index is 13.2. The Bertz CT molecular complexity index is 845. The zero-order valence-electron chi connectivity index (χ0n) is 12.0. The van der Waals surface area contributed by atoms with E-state index in [1.165, 1.54) is 30.3 Å². The van der Waals surface area contributed by atoms with Crippen LogP contribution in [0, 0.1) is 11.6 Å². The molecule has 1 N–H and O–H groups in total. The maximum atomic E-state index is 13.2. The van der Waals surface area contributed by atoms with Gasteiger partial charge in [0.2, 0.25) is 0 Å². The van der Waals surface area contributed by atoms with Gasteiger partial charge in [0.15, 0.2) is 5.82 Å². The van der Waals surface area contributed by atoms with Gasteiger partial charge in [0.05, 0.1) is 6.54 Å². The first kappa shape index (κ1) is 14.9. The van der Waals surface area contributed by atoms with Crippen LogP contribution in [0.1, 0.15) is 15.9 Å². The molecule has 6 heteroatoms. The highest BCUT2D eigenvalue weighted by Crippen LogP contribution is 2.10. The Hall–Kier alpha value is -3.02. The molecule has 0 bridgehead atoms. The van der Waals surface area contributed by atoms with Gasteiger partial charge < -0.3 is 5.32 Å². The van der Waals surface area contributed by atoms with E-state index < -0.39 is 11.7 Å². The fourth-order valence-electron chi connectivity index (χ4n) is 2.16. The summed E-state index contributed by atoms with van der Waals surface area (Å²) in [7, 11) is 0. The first-order valence-corrected chi connectivity index (χ1v) is 6.95. The Morgan fingerprint density at radius 3 is 2.52 bits per heavy atom. The summed E-state index contributed by atoms with van der Waals surface area (Å²) in [6, 6.07) is 13.2. The van der Waals surface area contributed by atoms with E-state index in [1.54, 1.807) is 29.1 Å². The van der Waals surface area contributed by atoms with Crippen molar-refractivity contribution in [1.82, 2.24) is 9.78 Å². The van der Waals surface area contributed by atoms with Crippen molar-refractivity contribution in [2.75, 3.05) is 5.32 Å². The number of nitrogens with one attached hydrogen (secondary N) is 1. The van der Waals surface area contributed by atoms with Gasteiger partial charge in [-0.2, -0.15) is 5.10 Å². The summed E-state index contributed by atoms with van der Waals surface area (Å²) in [5.41, 5.74) is 0.973. The van der Waals surface area contributed by atoms with Gasteiger partial charge in [-0.1, -0.05) is 18.2 Å². The summed E-state index contributed by atoms with van der Waals surface area (Å²) in [6.07, 6.45) is 1.67. The van der Waals surface area contributed by atoms with Crippen LogP contribution in [0.4, 0.5) is 14.6 Å². The molecular formula is C17H13F2N3O. The quantitative estimate of drug-likeness (QED) is 0.802. The molecule has 1 amide bonds. The molecule has 0 aliphatic rings. The third-order valence-electron chi connectivity index (χ3n) is 3.20. The lowest BCUT2D eigenvalue weighted by molar-refractivity contribution is 0.102. The zero-order chi connectivity index (χ0) is 16.2. The SMILES string of the molecule is O=C(Nc1ccn(Cc2cccc(F)c2)n1)c1cccc(F)c1. The lowest BCUT2D eigenvalue weighted by atomic mass is 10.2. The van der Waals surface area contributed by atoms with Crippen LogP contribution in [0.2, 0.25) is 0 Å². The Labute approximate surface area is 131 Å². The fourth-order valence-corrected chi connectivity index (χ4v) is 2.16. The Kier molecular flexibility index (Phi) is 4.14. The number of nitrogens with zero attached hydrogens (tertiary/aromatic N) is 2. The lowest BCUT2D eigenvalue weighted by Crippen LogP contribution is -2.13. The van der Waals surface area contributed by atoms with Gasteiger partial charge in [0.1, 0.15) is 11.6 Å². The summed E-state index contributed by atoms with van der Waals surface area (Å²) in [5, 5.41) is 6.78. The van der Waals surface area contributed by atoms with E-state index in [0.717, 1.165) is 11.6 Å². The average Bonchev–Trinajstić information content (AvgIpc) is 2.94. The van der Waals surface area contributed by atoms with E-state index in [4.69, 9.17) is 0 Å². The number of hydrogen-bond donors (Lipinski definition) is 1. The number of amides is 1. The van der Waals surface area contributed by atoms with Crippen LogP contribution >= 0.6 is 0 Å². The molecule has 0 saturated carbocycles. The number of benzene rings is 2. The van der Waals surface area contributed by atoms with Gasteiger partial charge in [-0.15, -0.1) is 0 Å². The monoisotopic (exact) mass is 313 g/mol. The molecule has 23 heavy (non-hydrogen) atoms. The number of anilines is 1. The highest BCUT2D eigenvalue weighted by atomic mass is 19.1. The molecular weight excluding hydrogens is 300 g/mol. The number of aromatic nitrogens is 2. The molecule has 3 aromatic rings. The van der Waals surface area contributed by atoms with Crippen LogP contribution in [0.5, 0.6) is 0 Å². The molecule has 0 aliphatic heterocycles. The molecule has 1 aromatic heterocycles. The van der Waals surface area contributed by atoms with Gasteiger partial charge in [-0.3, -0.25) is 9.48 Å². The highest BCUT2D eigenvalue weighted by molar-refractivity contribution is 6.03. The smallest absolute Gasteiger partial charge is 0.256 e. The third kappa shape index (κ3) is 3.79. The number of halogens is 2. The van der Waals surface area contributed by atoms with Crippen LogP contribution < -0.4 is 5.32 Å². The molecule has 0 saturated heterocycles. The number of carbonyl (C=O) groups is 1. The summed E-state index contributed by atoms with van der Waals surface area (Å²) in [5.74, 6) is -0.889. The third-order valence-corrected chi connectivity index (χ3v) is 3.20. The van der Waals surface area contributed by atoms with Gasteiger partial charge in [0.25, 0.3) is 5.91 Å². The predicted octanol–water partition coefficient (Wildman–Crippen LogP) is 3.46. The summed E-state index contributed by atoms with van der Waals surface area (Å²) < 4.78 is 27.8. The Morgan fingerprint density at radius 2 is 1.78 bits per heavy atom. The van der Waals surface area contributed by atoms with Crippen LogP contribution in [0.3, 0.4) is 0 Å². The molecule has 0 radical (unpaired) electrons. The minimum absolute atomic E-state index is 0.213. The largest absolute Gasteiger partial charge is 0.305 e. The first-order chi connectivity index (χ1) is 11.1. The van der Waals surface area contributed by atoms with Crippen molar-refractivity contribution in [1.29, 1.82) is 0 Å². The standard InChI is InChI=1S/C17H13F2N3O/c18-14-5-1-3-12(9-14)11-22-8-7-16(21-22)20-17(23)13-4-2-6-15(19)10-13/h1-10H,11H2,(H,20,21,23). The van der Waals surface area contributed by atoms with E-state index in [-0.39, 0.29) is 11.4 Å². The van der Waals surface area contributed by atoms with E-state index in [0.29, 0.717) is 12.4 Å². The highest BCUT2D eigenvalue weighted by Gasteiger charge is 2.09. The Morgan fingerprint density at radius 1 is 1.04 bits per heavy atom. The van der Waals surface area contributed by atoms with E-state index >= 15 is 0 Å². The second kappa shape index (κ2) is 6.39. The normalized spacial score (nSPS) is 10.5. The van der Waals surface area contributed by atoms with Gasteiger partial charge >= 0.3 is 0 Å². The Balaban J connectivity index is 1.68. The molecule has 116 valence electrons. The van der Waals surface area contributed by atoms with Crippen LogP contribution in [0.15, 0.2) is 60.8 Å². The average molecular weight is 313 g/mol. The van der Waals surface area contributed by atoms with Crippen molar-refractivity contribution >= 4 is 11.7 Å². The van der Waals surface area contributed by atoms with E-state index in [9.17, 15) is 13.6 Å². The molecule has 0 atom stereocenters. The molecule has 0 spiro atoms. The summed E-state index contributed by atoms with van der Waals surface area (Å²) in [6.45, 7) is 0.383. The molecule has 0 unspecified atom stereocenters.